The fourth-order valence-electron chi connectivity index (χ4n) is 2.88. The van der Waals surface area contributed by atoms with Gasteiger partial charge in [0.05, 0.1) is 0 Å². The molecular weight excluding hydrogens is 542 g/mol. The first-order chi connectivity index (χ1) is 17.1. The van der Waals surface area contributed by atoms with Crippen molar-refractivity contribution in [1.29, 1.82) is 0 Å². The van der Waals surface area contributed by atoms with Gasteiger partial charge in [0.25, 0.3) is 0 Å². The molecule has 0 bridgehead atoms. The van der Waals surface area contributed by atoms with E-state index in [4.69, 9.17) is 58.9 Å². The van der Waals surface area contributed by atoms with E-state index in [1.165, 1.54) is 77.0 Å². The van der Waals surface area contributed by atoms with Crippen molar-refractivity contribution in [3.05, 3.63) is 35.4 Å². The fourth-order valence-corrected chi connectivity index (χ4v) is 2.88. The summed E-state index contributed by atoms with van der Waals surface area (Å²) >= 11 is 0. The first-order valence-corrected chi connectivity index (χ1v) is 15.8. The van der Waals surface area contributed by atoms with E-state index in [9.17, 15) is 0 Å². The first-order valence-electron chi connectivity index (χ1n) is 12.7. The molecule has 0 fully saturated rings. The summed E-state index contributed by atoms with van der Waals surface area (Å²) in [7, 11) is -9.28. The molecule has 12 nitrogen and oxygen atoms in total. The summed E-state index contributed by atoms with van der Waals surface area (Å²) in [6.45, 7) is 6.33. The van der Waals surface area contributed by atoms with Gasteiger partial charge < -0.3 is 49.8 Å². The van der Waals surface area contributed by atoms with Gasteiger partial charge in [-0.15, -0.1) is 0 Å². The zero-order chi connectivity index (χ0) is 30.5. The van der Waals surface area contributed by atoms with Gasteiger partial charge in [-0.2, -0.15) is 0 Å². The van der Waals surface area contributed by atoms with Crippen LogP contribution in [0.25, 0.3) is 0 Å². The lowest BCUT2D eigenvalue weighted by atomic mass is 9.97. The highest BCUT2D eigenvalue weighted by Crippen LogP contribution is 2.26. The highest BCUT2D eigenvalue weighted by molar-refractivity contribution is 7.45. The van der Waals surface area contributed by atoms with Crippen molar-refractivity contribution < 1.29 is 58.9 Å². The molecule has 0 spiro atoms. The minimum absolute atomic E-state index is 0.882. The maximum atomic E-state index is 8.88. The molecule has 0 radical (unpaired) electrons. The van der Waals surface area contributed by atoms with Gasteiger partial charge in [-0.25, -0.2) is 9.13 Å². The highest BCUT2D eigenvalue weighted by atomic mass is 31.2. The van der Waals surface area contributed by atoms with Crippen LogP contribution in [-0.4, -0.2) is 61.4 Å². The molecule has 0 heterocycles. The third-order valence-corrected chi connectivity index (χ3v) is 5.11. The molecule has 1 rings (SSSR count). The third kappa shape index (κ3) is 37.4. The van der Waals surface area contributed by atoms with E-state index in [1.54, 1.807) is 11.1 Å². The molecule has 0 saturated carbocycles. The molecule has 1 aromatic carbocycles. The number of benzene rings is 1. The number of rotatable bonds is 13. The lowest BCUT2D eigenvalue weighted by Gasteiger charge is -2.27. The van der Waals surface area contributed by atoms with Crippen LogP contribution in [0.2, 0.25) is 0 Å². The summed E-state index contributed by atoms with van der Waals surface area (Å²) in [5, 5.41) is 33.6. The van der Waals surface area contributed by atoms with Crippen LogP contribution in [0.15, 0.2) is 24.3 Å². The molecule has 38 heavy (non-hydrogen) atoms. The van der Waals surface area contributed by atoms with E-state index in [0.29, 0.717) is 0 Å². The number of aryl methyl sites for hydroxylation is 2. The van der Waals surface area contributed by atoms with Crippen LogP contribution in [-0.2, 0) is 22.0 Å². The summed E-state index contributed by atoms with van der Waals surface area (Å²) in [5.41, 5.74) is 3.21. The minimum atomic E-state index is -4.64. The van der Waals surface area contributed by atoms with E-state index >= 15 is 0 Å². The normalized spacial score (nSPS) is 11.8. The van der Waals surface area contributed by atoms with Crippen molar-refractivity contribution in [1.82, 2.24) is 0 Å². The van der Waals surface area contributed by atoms with Crippen molar-refractivity contribution >= 4 is 15.6 Å². The second-order valence-corrected chi connectivity index (χ2v) is 11.2. The van der Waals surface area contributed by atoms with Gasteiger partial charge >= 0.3 is 15.6 Å². The van der Waals surface area contributed by atoms with Gasteiger partial charge in [-0.3, -0.25) is 0 Å². The maximum absolute atomic E-state index is 8.88. The van der Waals surface area contributed by atoms with Gasteiger partial charge in [0.1, 0.15) is 0 Å². The predicted octanol–water partition coefficient (Wildman–Crippen LogP) is 3.24. The van der Waals surface area contributed by atoms with E-state index < -0.39 is 27.2 Å². The molecule has 0 unspecified atom stereocenters. The largest absolute Gasteiger partial charge is 0.466 e. The van der Waals surface area contributed by atoms with Gasteiger partial charge in [0.15, 0.2) is 0 Å². The molecular formula is C24H50O12P2. The molecule has 14 heteroatoms. The van der Waals surface area contributed by atoms with Crippen LogP contribution < -0.4 is 0 Å². The predicted molar refractivity (Wildman–Crippen MR) is 146 cm³/mol. The van der Waals surface area contributed by atoms with Gasteiger partial charge in [0.2, 0.25) is 11.6 Å². The van der Waals surface area contributed by atoms with Crippen LogP contribution in [0, 0.1) is 0 Å². The zero-order valence-corrected chi connectivity index (χ0v) is 24.8. The molecule has 0 atom stereocenters. The van der Waals surface area contributed by atoms with Crippen LogP contribution in [0.1, 0.15) is 103 Å². The lowest BCUT2D eigenvalue weighted by Crippen LogP contribution is -2.49. The summed E-state index contributed by atoms with van der Waals surface area (Å²) in [6, 6.07) is 9.10. The van der Waals surface area contributed by atoms with Crippen molar-refractivity contribution in [2.45, 2.75) is 116 Å². The first kappa shape index (κ1) is 41.8. The summed E-state index contributed by atoms with van der Waals surface area (Å²) < 4.78 is 17.8. The Morgan fingerprint density at radius 3 is 1.08 bits per heavy atom. The average Bonchev–Trinajstić information content (AvgIpc) is 2.71. The molecule has 0 amide bonds. The van der Waals surface area contributed by atoms with Crippen LogP contribution in [0.4, 0.5) is 0 Å². The highest BCUT2D eigenvalue weighted by Gasteiger charge is 2.37. The maximum Gasteiger partial charge on any atom is 0.466 e. The molecule has 0 saturated heterocycles. The number of phosphoric acid groups is 2. The Balaban J connectivity index is -0.000000555. The smallest absolute Gasteiger partial charge is 0.362 e. The summed E-state index contributed by atoms with van der Waals surface area (Å²) in [4.78, 5) is 43.1. The van der Waals surface area contributed by atoms with E-state index in [-0.39, 0.29) is 0 Å². The van der Waals surface area contributed by atoms with Crippen molar-refractivity contribution in [3.8, 4) is 0 Å². The Bertz CT molecular complexity index is 731. The molecule has 10 N–H and O–H groups in total. The number of hydrogen-bond acceptors (Lipinski definition) is 6. The van der Waals surface area contributed by atoms with Gasteiger partial charge in [-0.05, 0) is 50.7 Å². The van der Waals surface area contributed by atoms with Crippen LogP contribution >= 0.6 is 15.6 Å². The Labute approximate surface area is 226 Å². The number of unbranched alkanes of at least 4 members (excludes halogenated alkanes) is 8. The molecule has 228 valence electrons. The second kappa shape index (κ2) is 22.0. The van der Waals surface area contributed by atoms with Crippen LogP contribution in [0.5, 0.6) is 0 Å². The summed E-state index contributed by atoms with van der Waals surface area (Å²) in [5.74, 6) is -4.90. The van der Waals surface area contributed by atoms with E-state index in [0.717, 1.165) is 13.8 Å². The Morgan fingerprint density at radius 1 is 0.553 bits per heavy atom. The summed E-state index contributed by atoms with van der Waals surface area (Å²) in [6.07, 6.45) is 16.5. The Hall–Kier alpha value is -0.720. The molecule has 0 aliphatic heterocycles. The number of aliphatic hydroxyl groups is 4. The number of hydrogen-bond donors (Lipinski definition) is 10. The molecule has 1 aromatic rings. The fraction of sp³-hybridized carbons (Fsp3) is 0.750. The standard InChI is InChI=1S/C20H34.C4H10O4.2H3O4P/c1-3-5-7-8-9-10-12-16-20-18-14-13-17-19(20)15-11-6-4-2;1-3(5,6)4(2,7)8;2*1-5(2,3)4/h13-14,17-18H,3-12,15-16H2,1-2H3;5-8H,1-2H3;2*(H3,1,2,3,4). The van der Waals surface area contributed by atoms with Gasteiger partial charge in [0, 0.05) is 0 Å². The van der Waals surface area contributed by atoms with Crippen molar-refractivity contribution in [2.75, 3.05) is 0 Å². The topological polar surface area (TPSA) is 236 Å². The van der Waals surface area contributed by atoms with Crippen LogP contribution in [0.3, 0.4) is 0 Å². The quantitative estimate of drug-likeness (QED) is 0.0902. The SMILES string of the molecule is CC(O)(O)C(C)(O)O.CCCCCCCCCc1ccccc1CCCCC.O=P(O)(O)O.O=P(O)(O)O. The van der Waals surface area contributed by atoms with Gasteiger partial charge in [-0.1, -0.05) is 89.5 Å². The second-order valence-electron chi connectivity index (χ2n) is 9.17. The molecule has 0 aromatic heterocycles. The van der Waals surface area contributed by atoms with E-state index in [1.807, 2.05) is 0 Å². The minimum Gasteiger partial charge on any atom is -0.362 e. The average molecular weight is 593 g/mol. The van der Waals surface area contributed by atoms with Crippen molar-refractivity contribution in [2.24, 2.45) is 0 Å². The van der Waals surface area contributed by atoms with Crippen molar-refractivity contribution in [3.63, 3.8) is 0 Å². The van der Waals surface area contributed by atoms with E-state index in [2.05, 4.69) is 38.1 Å². The molecule has 0 aliphatic carbocycles. The Morgan fingerprint density at radius 2 is 0.789 bits per heavy atom. The Kier molecular flexibility index (Phi) is 24.2. The monoisotopic (exact) mass is 592 g/mol. The lowest BCUT2D eigenvalue weighted by molar-refractivity contribution is -0.339. The molecule has 0 aliphatic rings. The zero-order valence-electron chi connectivity index (χ0n) is 23.0. The third-order valence-electron chi connectivity index (χ3n) is 5.11.